The summed E-state index contributed by atoms with van der Waals surface area (Å²) >= 11 is 10.0. The average Bonchev–Trinajstić information content (AvgIpc) is 3.17. The van der Waals surface area contributed by atoms with Crippen LogP contribution in [0.1, 0.15) is 30.0 Å². The van der Waals surface area contributed by atoms with Gasteiger partial charge in [-0.1, -0.05) is 67.9 Å². The minimum atomic E-state index is -0.779. The molecule has 4 nitrogen and oxygen atoms in total. The minimum absolute atomic E-state index is 0.304. The Morgan fingerprint density at radius 2 is 1.60 bits per heavy atom. The number of ether oxygens (including phenoxy) is 2. The number of hydrogen-bond acceptors (Lipinski definition) is 3. The van der Waals surface area contributed by atoms with Crippen molar-refractivity contribution in [3.05, 3.63) is 71.0 Å². The summed E-state index contributed by atoms with van der Waals surface area (Å²) in [6, 6.07) is 17.6. The monoisotopic (exact) mass is 487 g/mol. The standard InChI is InChI=1S/C24H23BrClNO3/c1-23(2)14-27-20(22(28)29-3)18(16-10-12-17(26)13-11-16)19(15-8-6-5-7-9-15)21(27)24(23,25)30-4/h5-13H,14H2,1-4H3. The number of nitrogens with zero attached hydrogens (tertiary/aromatic N) is 1. The fourth-order valence-electron chi connectivity index (χ4n) is 4.39. The van der Waals surface area contributed by atoms with Crippen molar-refractivity contribution in [2.24, 2.45) is 5.41 Å². The molecule has 0 spiro atoms. The summed E-state index contributed by atoms with van der Waals surface area (Å²) in [4.78, 5) is 13.1. The highest BCUT2D eigenvalue weighted by atomic mass is 79.9. The third-order valence-electron chi connectivity index (χ3n) is 5.85. The van der Waals surface area contributed by atoms with Gasteiger partial charge in [-0.25, -0.2) is 4.79 Å². The first-order chi connectivity index (χ1) is 14.2. The number of methoxy groups -OCH3 is 2. The summed E-state index contributed by atoms with van der Waals surface area (Å²) in [7, 11) is 3.10. The number of alkyl halides is 1. The quantitative estimate of drug-likeness (QED) is 0.311. The molecule has 1 aliphatic heterocycles. The normalized spacial score (nSPS) is 19.5. The molecule has 1 aromatic heterocycles. The number of benzene rings is 2. The molecule has 0 radical (unpaired) electrons. The SMILES string of the molecule is COC(=O)c1c(-c2ccc(Cl)cc2)c(-c2ccccc2)c2n1CC(C)(C)C2(Br)OC. The number of hydrogen-bond donors (Lipinski definition) is 0. The summed E-state index contributed by atoms with van der Waals surface area (Å²) in [5.74, 6) is -0.382. The van der Waals surface area contributed by atoms with E-state index in [1.807, 2.05) is 59.2 Å². The van der Waals surface area contributed by atoms with Crippen LogP contribution in [0.15, 0.2) is 54.6 Å². The number of carbonyl (C=O) groups excluding carboxylic acids is 1. The molecule has 0 amide bonds. The van der Waals surface area contributed by atoms with Gasteiger partial charge in [-0.05, 0) is 39.2 Å². The van der Waals surface area contributed by atoms with Crippen molar-refractivity contribution in [1.29, 1.82) is 0 Å². The van der Waals surface area contributed by atoms with Crippen LogP contribution in [0.4, 0.5) is 0 Å². The molecule has 2 aromatic carbocycles. The van der Waals surface area contributed by atoms with Crippen molar-refractivity contribution >= 4 is 33.5 Å². The van der Waals surface area contributed by atoms with Crippen molar-refractivity contribution in [3.63, 3.8) is 0 Å². The summed E-state index contributed by atoms with van der Waals surface area (Å²) < 4.78 is 12.5. The van der Waals surface area contributed by atoms with Crippen LogP contribution < -0.4 is 0 Å². The molecule has 0 N–H and O–H groups in total. The van der Waals surface area contributed by atoms with Crippen LogP contribution in [0.5, 0.6) is 0 Å². The smallest absolute Gasteiger partial charge is 0.355 e. The summed E-state index contributed by atoms with van der Waals surface area (Å²) in [5, 5.41) is 0.638. The average molecular weight is 489 g/mol. The van der Waals surface area contributed by atoms with Crippen LogP contribution in [0, 0.1) is 5.41 Å². The Morgan fingerprint density at radius 1 is 1.00 bits per heavy atom. The van der Waals surface area contributed by atoms with Gasteiger partial charge in [0.2, 0.25) is 0 Å². The predicted octanol–water partition coefficient (Wildman–Crippen LogP) is 6.50. The Hall–Kier alpha value is -2.08. The van der Waals surface area contributed by atoms with Crippen molar-refractivity contribution in [3.8, 4) is 22.3 Å². The Labute approximate surface area is 189 Å². The number of halogens is 2. The molecule has 30 heavy (non-hydrogen) atoms. The van der Waals surface area contributed by atoms with Gasteiger partial charge in [-0.15, -0.1) is 0 Å². The maximum atomic E-state index is 13.1. The zero-order chi connectivity index (χ0) is 21.7. The van der Waals surface area contributed by atoms with E-state index in [0.717, 1.165) is 27.9 Å². The van der Waals surface area contributed by atoms with Crippen LogP contribution in [0.3, 0.4) is 0 Å². The fourth-order valence-corrected chi connectivity index (χ4v) is 5.06. The number of aromatic nitrogens is 1. The van der Waals surface area contributed by atoms with E-state index in [1.165, 1.54) is 7.11 Å². The molecule has 2 heterocycles. The molecule has 1 unspecified atom stereocenters. The van der Waals surface area contributed by atoms with Gasteiger partial charge in [0.1, 0.15) is 5.69 Å². The first-order valence-corrected chi connectivity index (χ1v) is 10.8. The second-order valence-corrected chi connectivity index (χ2v) is 9.63. The molecule has 3 aromatic rings. The van der Waals surface area contributed by atoms with Gasteiger partial charge in [0.25, 0.3) is 0 Å². The topological polar surface area (TPSA) is 40.5 Å². The molecule has 0 saturated carbocycles. The van der Waals surface area contributed by atoms with Gasteiger partial charge in [0.05, 0.1) is 12.8 Å². The van der Waals surface area contributed by atoms with Gasteiger partial charge >= 0.3 is 5.97 Å². The van der Waals surface area contributed by atoms with E-state index in [1.54, 1.807) is 7.11 Å². The lowest BCUT2D eigenvalue weighted by Gasteiger charge is -2.35. The van der Waals surface area contributed by atoms with Gasteiger partial charge in [-0.3, -0.25) is 0 Å². The maximum Gasteiger partial charge on any atom is 0.355 e. The molecule has 4 rings (SSSR count). The van der Waals surface area contributed by atoms with E-state index in [2.05, 4.69) is 29.8 Å². The summed E-state index contributed by atoms with van der Waals surface area (Å²) in [5.41, 5.74) is 4.77. The van der Waals surface area contributed by atoms with Crippen molar-refractivity contribution in [2.75, 3.05) is 14.2 Å². The Kier molecular flexibility index (Phi) is 5.33. The minimum Gasteiger partial charge on any atom is -0.464 e. The zero-order valence-electron chi connectivity index (χ0n) is 17.3. The second-order valence-electron chi connectivity index (χ2n) is 8.08. The van der Waals surface area contributed by atoms with E-state index >= 15 is 0 Å². The second kappa shape index (κ2) is 7.56. The van der Waals surface area contributed by atoms with Crippen molar-refractivity contribution in [2.45, 2.75) is 24.9 Å². The van der Waals surface area contributed by atoms with E-state index < -0.39 is 4.51 Å². The van der Waals surface area contributed by atoms with Gasteiger partial charge in [0.15, 0.2) is 4.51 Å². The molecule has 6 heteroatoms. The fraction of sp³-hybridized carbons (Fsp3) is 0.292. The molecule has 1 aliphatic rings. The number of rotatable bonds is 4. The van der Waals surface area contributed by atoms with E-state index in [-0.39, 0.29) is 11.4 Å². The maximum absolute atomic E-state index is 13.1. The largest absolute Gasteiger partial charge is 0.464 e. The van der Waals surface area contributed by atoms with Crippen LogP contribution >= 0.6 is 27.5 Å². The molecular weight excluding hydrogens is 466 g/mol. The lowest BCUT2D eigenvalue weighted by atomic mass is 9.84. The summed E-state index contributed by atoms with van der Waals surface area (Å²) in [6.45, 7) is 4.84. The molecular formula is C24H23BrClNO3. The van der Waals surface area contributed by atoms with E-state index in [0.29, 0.717) is 17.3 Å². The van der Waals surface area contributed by atoms with Crippen molar-refractivity contribution in [1.82, 2.24) is 4.57 Å². The highest BCUT2D eigenvalue weighted by Gasteiger charge is 2.56. The lowest BCUT2D eigenvalue weighted by molar-refractivity contribution is -0.00857. The van der Waals surface area contributed by atoms with Crippen molar-refractivity contribution < 1.29 is 14.3 Å². The van der Waals surface area contributed by atoms with Crippen LogP contribution in [0.2, 0.25) is 5.02 Å². The first kappa shape index (κ1) is 21.2. The Balaban J connectivity index is 2.17. The molecule has 0 aliphatic carbocycles. The highest BCUT2D eigenvalue weighted by Crippen LogP contribution is 2.59. The van der Waals surface area contributed by atoms with Crippen LogP contribution in [-0.2, 0) is 20.5 Å². The third-order valence-corrected chi connectivity index (χ3v) is 7.87. The molecule has 156 valence electrons. The predicted molar refractivity (Wildman–Crippen MR) is 123 cm³/mol. The number of carbonyl (C=O) groups is 1. The van der Waals surface area contributed by atoms with Crippen LogP contribution in [-0.4, -0.2) is 24.8 Å². The van der Waals surface area contributed by atoms with Gasteiger partial charge in [-0.2, -0.15) is 0 Å². The van der Waals surface area contributed by atoms with E-state index in [9.17, 15) is 4.79 Å². The Morgan fingerprint density at radius 3 is 2.17 bits per heavy atom. The zero-order valence-corrected chi connectivity index (χ0v) is 19.7. The molecule has 0 bridgehead atoms. The van der Waals surface area contributed by atoms with E-state index in [4.69, 9.17) is 21.1 Å². The van der Waals surface area contributed by atoms with Crippen LogP contribution in [0.25, 0.3) is 22.3 Å². The number of esters is 1. The Bertz CT molecular complexity index is 1110. The van der Waals surface area contributed by atoms with Gasteiger partial charge < -0.3 is 14.0 Å². The first-order valence-electron chi connectivity index (χ1n) is 9.66. The molecule has 1 atom stereocenters. The highest BCUT2D eigenvalue weighted by molar-refractivity contribution is 9.09. The molecule has 0 fully saturated rings. The lowest BCUT2D eigenvalue weighted by Crippen LogP contribution is -2.34. The molecule has 0 saturated heterocycles. The van der Waals surface area contributed by atoms with Gasteiger partial charge in [0, 0.05) is 35.2 Å². The summed E-state index contributed by atoms with van der Waals surface area (Å²) in [6.07, 6.45) is 0. The third kappa shape index (κ3) is 3.03. The number of fused-ring (bicyclic) bond motifs is 1.